The van der Waals surface area contributed by atoms with Gasteiger partial charge in [-0.2, -0.15) is 0 Å². The Morgan fingerprint density at radius 2 is 2.11 bits per heavy atom. The lowest BCUT2D eigenvalue weighted by atomic mass is 9.94. The minimum atomic E-state index is -0.818. The van der Waals surface area contributed by atoms with Crippen LogP contribution < -0.4 is 0 Å². The molecule has 2 aliphatic rings. The maximum atomic E-state index is 12.2. The fourth-order valence-electron chi connectivity index (χ4n) is 3.44. The van der Waals surface area contributed by atoms with E-state index in [0.717, 1.165) is 25.7 Å². The number of carbonyl (C=O) groups is 2. The molecule has 102 valence electrons. The molecule has 4 heteroatoms. The van der Waals surface area contributed by atoms with E-state index >= 15 is 0 Å². The molecule has 0 spiro atoms. The third-order valence-electron chi connectivity index (χ3n) is 4.68. The zero-order chi connectivity index (χ0) is 13.3. The van der Waals surface area contributed by atoms with Crippen molar-refractivity contribution < 1.29 is 14.7 Å². The van der Waals surface area contributed by atoms with E-state index in [4.69, 9.17) is 0 Å². The van der Waals surface area contributed by atoms with E-state index in [1.807, 2.05) is 6.92 Å². The number of aliphatic carboxylic acids is 1. The summed E-state index contributed by atoms with van der Waals surface area (Å²) in [5, 5.41) is 9.38. The van der Waals surface area contributed by atoms with E-state index in [2.05, 4.69) is 6.92 Å². The second kappa shape index (κ2) is 5.29. The molecule has 0 aromatic rings. The van der Waals surface area contributed by atoms with Gasteiger partial charge in [0.1, 0.15) is 6.04 Å². The molecule has 2 rings (SSSR count). The van der Waals surface area contributed by atoms with Crippen LogP contribution in [-0.2, 0) is 9.59 Å². The van der Waals surface area contributed by atoms with Gasteiger partial charge in [0.15, 0.2) is 0 Å². The number of nitrogens with zero attached hydrogens (tertiary/aromatic N) is 1. The molecule has 4 atom stereocenters. The fraction of sp³-hybridized carbons (Fsp3) is 0.857. The first-order valence-corrected chi connectivity index (χ1v) is 7.06. The molecule has 4 unspecified atom stereocenters. The quantitative estimate of drug-likeness (QED) is 0.835. The molecule has 18 heavy (non-hydrogen) atoms. The Kier molecular flexibility index (Phi) is 3.93. The first kappa shape index (κ1) is 13.4. The maximum absolute atomic E-state index is 12.2. The number of carbonyl (C=O) groups excluding carboxylic acids is 1. The standard InChI is InChI=1S/C14H23NO3/c1-3-9(2)7-12(16)15-8-10-5-4-6-11(10)13(15)14(17)18/h9-11,13H,3-8H2,1-2H3,(H,17,18). The molecule has 0 radical (unpaired) electrons. The van der Waals surface area contributed by atoms with Gasteiger partial charge in [0, 0.05) is 13.0 Å². The molecule has 0 bridgehead atoms. The van der Waals surface area contributed by atoms with Crippen LogP contribution in [0.3, 0.4) is 0 Å². The lowest BCUT2D eigenvalue weighted by molar-refractivity contribution is -0.150. The summed E-state index contributed by atoms with van der Waals surface area (Å²) in [7, 11) is 0. The summed E-state index contributed by atoms with van der Waals surface area (Å²) < 4.78 is 0. The fourth-order valence-corrected chi connectivity index (χ4v) is 3.44. The summed E-state index contributed by atoms with van der Waals surface area (Å²) in [4.78, 5) is 25.3. The van der Waals surface area contributed by atoms with Crippen molar-refractivity contribution in [1.82, 2.24) is 4.90 Å². The highest BCUT2D eigenvalue weighted by molar-refractivity contribution is 5.84. The van der Waals surface area contributed by atoms with Crippen LogP contribution in [0.25, 0.3) is 0 Å². The van der Waals surface area contributed by atoms with E-state index in [1.165, 1.54) is 0 Å². The van der Waals surface area contributed by atoms with Gasteiger partial charge in [-0.15, -0.1) is 0 Å². The van der Waals surface area contributed by atoms with Crippen molar-refractivity contribution in [2.45, 2.75) is 52.0 Å². The highest BCUT2D eigenvalue weighted by Crippen LogP contribution is 2.42. The Morgan fingerprint density at radius 1 is 1.39 bits per heavy atom. The van der Waals surface area contributed by atoms with Crippen LogP contribution in [0.5, 0.6) is 0 Å². The lowest BCUT2D eigenvalue weighted by Gasteiger charge is -2.25. The lowest BCUT2D eigenvalue weighted by Crippen LogP contribution is -2.43. The van der Waals surface area contributed by atoms with Crippen molar-refractivity contribution in [3.8, 4) is 0 Å². The van der Waals surface area contributed by atoms with Crippen LogP contribution in [0.4, 0.5) is 0 Å². The van der Waals surface area contributed by atoms with Crippen molar-refractivity contribution in [2.24, 2.45) is 17.8 Å². The van der Waals surface area contributed by atoms with Gasteiger partial charge in [0.05, 0.1) is 0 Å². The number of carboxylic acids is 1. The molecule has 0 aromatic heterocycles. The molecule has 1 heterocycles. The van der Waals surface area contributed by atoms with Crippen LogP contribution in [-0.4, -0.2) is 34.5 Å². The Bertz CT molecular complexity index is 342. The Balaban J connectivity index is 2.07. The average molecular weight is 253 g/mol. The number of hydrogen-bond acceptors (Lipinski definition) is 2. The second-order valence-corrected chi connectivity index (χ2v) is 5.90. The van der Waals surface area contributed by atoms with E-state index < -0.39 is 12.0 Å². The molecule has 1 aliphatic carbocycles. The number of rotatable bonds is 4. The summed E-state index contributed by atoms with van der Waals surface area (Å²) in [5.41, 5.74) is 0. The van der Waals surface area contributed by atoms with Gasteiger partial charge >= 0.3 is 5.97 Å². The summed E-state index contributed by atoms with van der Waals surface area (Å²) in [6, 6.07) is -0.561. The van der Waals surface area contributed by atoms with Gasteiger partial charge in [-0.25, -0.2) is 4.79 Å². The molecule has 4 nitrogen and oxygen atoms in total. The molecule has 0 aromatic carbocycles. The number of amides is 1. The molecule has 2 fully saturated rings. The van der Waals surface area contributed by atoms with Crippen molar-refractivity contribution in [3.05, 3.63) is 0 Å². The molecule has 1 N–H and O–H groups in total. The molecule has 1 aliphatic heterocycles. The Morgan fingerprint density at radius 3 is 2.72 bits per heavy atom. The van der Waals surface area contributed by atoms with E-state index in [0.29, 0.717) is 24.8 Å². The first-order valence-electron chi connectivity index (χ1n) is 7.06. The smallest absolute Gasteiger partial charge is 0.326 e. The van der Waals surface area contributed by atoms with Crippen molar-refractivity contribution >= 4 is 11.9 Å². The van der Waals surface area contributed by atoms with Gasteiger partial charge in [-0.3, -0.25) is 4.79 Å². The normalized spacial score (nSPS) is 32.3. The molecule has 1 saturated carbocycles. The maximum Gasteiger partial charge on any atom is 0.326 e. The van der Waals surface area contributed by atoms with E-state index in [1.54, 1.807) is 4.90 Å². The first-order chi connectivity index (χ1) is 8.54. The van der Waals surface area contributed by atoms with Gasteiger partial charge < -0.3 is 10.0 Å². The summed E-state index contributed by atoms with van der Waals surface area (Å²) in [6.45, 7) is 4.77. The monoisotopic (exact) mass is 253 g/mol. The topological polar surface area (TPSA) is 57.6 Å². The van der Waals surface area contributed by atoms with Crippen LogP contribution in [0, 0.1) is 17.8 Å². The number of carboxylic acid groups (broad SMARTS) is 1. The number of hydrogen-bond donors (Lipinski definition) is 1. The largest absolute Gasteiger partial charge is 0.480 e. The summed E-state index contributed by atoms with van der Waals surface area (Å²) >= 11 is 0. The zero-order valence-corrected chi connectivity index (χ0v) is 11.3. The van der Waals surface area contributed by atoms with E-state index in [-0.39, 0.29) is 11.8 Å². The van der Waals surface area contributed by atoms with Gasteiger partial charge in [0.25, 0.3) is 0 Å². The second-order valence-electron chi connectivity index (χ2n) is 5.90. The molecular formula is C14H23NO3. The van der Waals surface area contributed by atoms with Gasteiger partial charge in [-0.1, -0.05) is 26.7 Å². The Hall–Kier alpha value is -1.06. The van der Waals surface area contributed by atoms with Crippen LogP contribution >= 0.6 is 0 Å². The number of likely N-dealkylation sites (tertiary alicyclic amines) is 1. The van der Waals surface area contributed by atoms with Crippen molar-refractivity contribution in [3.63, 3.8) is 0 Å². The molecule has 1 saturated heterocycles. The zero-order valence-electron chi connectivity index (χ0n) is 11.3. The predicted octanol–water partition coefficient (Wildman–Crippen LogP) is 2.13. The van der Waals surface area contributed by atoms with Crippen molar-refractivity contribution in [2.75, 3.05) is 6.54 Å². The molecular weight excluding hydrogens is 230 g/mol. The Labute approximate surface area is 108 Å². The van der Waals surface area contributed by atoms with Gasteiger partial charge in [-0.05, 0) is 30.6 Å². The third-order valence-corrected chi connectivity index (χ3v) is 4.68. The van der Waals surface area contributed by atoms with Crippen LogP contribution in [0.15, 0.2) is 0 Å². The summed E-state index contributed by atoms with van der Waals surface area (Å²) in [6.07, 6.45) is 4.62. The third kappa shape index (κ3) is 2.38. The average Bonchev–Trinajstić information content (AvgIpc) is 2.86. The minimum Gasteiger partial charge on any atom is -0.480 e. The summed E-state index contributed by atoms with van der Waals surface area (Å²) in [5.74, 6) is 0.177. The van der Waals surface area contributed by atoms with Crippen LogP contribution in [0.2, 0.25) is 0 Å². The minimum absolute atomic E-state index is 0.0335. The highest BCUT2D eigenvalue weighted by atomic mass is 16.4. The van der Waals surface area contributed by atoms with E-state index in [9.17, 15) is 14.7 Å². The van der Waals surface area contributed by atoms with Crippen LogP contribution in [0.1, 0.15) is 46.0 Å². The predicted molar refractivity (Wildman–Crippen MR) is 68.0 cm³/mol. The molecule has 1 amide bonds. The van der Waals surface area contributed by atoms with Gasteiger partial charge in [0.2, 0.25) is 5.91 Å². The SMILES string of the molecule is CCC(C)CC(=O)N1CC2CCCC2C1C(=O)O. The number of fused-ring (bicyclic) bond motifs is 1. The highest BCUT2D eigenvalue weighted by Gasteiger charge is 2.49. The van der Waals surface area contributed by atoms with Crippen molar-refractivity contribution in [1.29, 1.82) is 0 Å².